The van der Waals surface area contributed by atoms with Gasteiger partial charge in [0.2, 0.25) is 0 Å². The maximum Gasteiger partial charge on any atom is 0.330 e. The summed E-state index contributed by atoms with van der Waals surface area (Å²) < 4.78 is 30.0. The Balaban J connectivity index is 1.40. The molecule has 2 aromatic rings. The Morgan fingerprint density at radius 3 is 1.89 bits per heavy atom. The van der Waals surface area contributed by atoms with Crippen molar-refractivity contribution in [1.29, 1.82) is 0 Å². The van der Waals surface area contributed by atoms with E-state index >= 15 is 0 Å². The van der Waals surface area contributed by atoms with E-state index in [4.69, 9.17) is 13.8 Å². The first-order chi connectivity index (χ1) is 21.5. The Labute approximate surface area is 264 Å². The molecule has 10 nitrogen and oxygen atoms in total. The summed E-state index contributed by atoms with van der Waals surface area (Å²) in [5.41, 5.74) is 0.627. The molecule has 0 bridgehead atoms. The molecule has 0 amide bonds. The zero-order valence-corrected chi connectivity index (χ0v) is 28.5. The maximum absolute atomic E-state index is 13.1. The third kappa shape index (κ3) is 17.1. The van der Waals surface area contributed by atoms with Crippen LogP contribution in [0.2, 0.25) is 0 Å². The number of aromatic amines is 3. The lowest BCUT2D eigenvalue weighted by atomic mass is 10.0. The van der Waals surface area contributed by atoms with Gasteiger partial charge in [0.05, 0.1) is 24.9 Å². The van der Waals surface area contributed by atoms with Gasteiger partial charge in [-0.25, -0.2) is 4.79 Å². The summed E-state index contributed by atoms with van der Waals surface area (Å²) in [6.07, 6.45) is 25.1. The van der Waals surface area contributed by atoms with Crippen LogP contribution in [0, 0.1) is 0 Å². The first-order valence-electron chi connectivity index (χ1n) is 17.5. The Morgan fingerprint density at radius 2 is 1.27 bits per heavy atom. The largest absolute Gasteiger partial charge is 0.381 e. The van der Waals surface area contributed by atoms with Crippen LogP contribution in [-0.2, 0) is 24.9 Å². The highest BCUT2D eigenvalue weighted by molar-refractivity contribution is 7.53. The number of fused-ring (bicyclic) bond motifs is 1. The molecule has 0 aliphatic carbocycles. The molecule has 4 N–H and O–H groups in total. The van der Waals surface area contributed by atoms with E-state index in [1.165, 1.54) is 96.3 Å². The Kier molecular flexibility index (Phi) is 21.4. The lowest BCUT2D eigenvalue weighted by Gasteiger charge is -2.18. The quantitative estimate of drug-likeness (QED) is 0.0502. The SMILES string of the molecule is CCCCCCCCCCCCCCCCCCOCCCOP(=O)(CCCNCc1c[nH]c2c(=O)[nH]c(=O)[nH]c12)OCC. The van der Waals surface area contributed by atoms with Crippen molar-refractivity contribution in [3.63, 3.8) is 0 Å². The van der Waals surface area contributed by atoms with Gasteiger partial charge in [-0.3, -0.25) is 14.3 Å². The molecule has 0 saturated heterocycles. The van der Waals surface area contributed by atoms with Gasteiger partial charge in [-0.15, -0.1) is 0 Å². The molecule has 0 radical (unpaired) electrons. The number of rotatable bonds is 30. The van der Waals surface area contributed by atoms with E-state index in [1.807, 2.05) is 6.92 Å². The molecule has 1 unspecified atom stereocenters. The number of unbranched alkanes of at least 4 members (excludes halogenated alkanes) is 15. The predicted octanol–water partition coefficient (Wildman–Crippen LogP) is 7.94. The molecular formula is C33H61N4O6P. The second-order valence-corrected chi connectivity index (χ2v) is 14.0. The minimum absolute atomic E-state index is 0.318. The van der Waals surface area contributed by atoms with Gasteiger partial charge in [-0.2, -0.15) is 0 Å². The molecule has 1 atom stereocenters. The second-order valence-electron chi connectivity index (χ2n) is 11.9. The van der Waals surface area contributed by atoms with Gasteiger partial charge in [0.25, 0.3) is 5.56 Å². The fourth-order valence-electron chi connectivity index (χ4n) is 5.44. The van der Waals surface area contributed by atoms with Crippen LogP contribution in [0.25, 0.3) is 11.0 Å². The zero-order valence-electron chi connectivity index (χ0n) is 27.7. The van der Waals surface area contributed by atoms with Crippen molar-refractivity contribution < 1.29 is 18.3 Å². The molecule has 2 heterocycles. The molecule has 0 aromatic carbocycles. The number of ether oxygens (including phenoxy) is 1. The summed E-state index contributed by atoms with van der Waals surface area (Å²) in [6.45, 7) is 7.18. The van der Waals surface area contributed by atoms with Crippen molar-refractivity contribution in [2.45, 2.75) is 136 Å². The van der Waals surface area contributed by atoms with E-state index in [0.29, 0.717) is 62.9 Å². The zero-order chi connectivity index (χ0) is 31.7. The topological polar surface area (TPSA) is 138 Å². The van der Waals surface area contributed by atoms with Crippen molar-refractivity contribution in [2.75, 3.05) is 39.1 Å². The van der Waals surface area contributed by atoms with Crippen molar-refractivity contribution in [1.82, 2.24) is 20.3 Å². The van der Waals surface area contributed by atoms with Gasteiger partial charge < -0.3 is 29.1 Å². The van der Waals surface area contributed by atoms with Gasteiger partial charge in [0.1, 0.15) is 5.52 Å². The molecular weight excluding hydrogens is 579 g/mol. The minimum Gasteiger partial charge on any atom is -0.381 e. The Bertz CT molecular complexity index is 1150. The number of H-pyrrole nitrogens is 3. The van der Waals surface area contributed by atoms with Crippen LogP contribution in [0.1, 0.15) is 135 Å². The molecule has 2 rings (SSSR count). The van der Waals surface area contributed by atoms with Crippen molar-refractivity contribution in [3.8, 4) is 0 Å². The summed E-state index contributed by atoms with van der Waals surface area (Å²) in [6, 6.07) is 0. The van der Waals surface area contributed by atoms with E-state index in [2.05, 4.69) is 27.2 Å². The normalized spacial score (nSPS) is 13.1. The molecule has 254 valence electrons. The molecule has 0 spiro atoms. The third-order valence-corrected chi connectivity index (χ3v) is 10.0. The van der Waals surface area contributed by atoms with Gasteiger partial charge in [-0.05, 0) is 32.7 Å². The molecule has 0 aliphatic rings. The Morgan fingerprint density at radius 1 is 0.682 bits per heavy atom. The standard InChI is InChI=1S/C33H61N4O6P/c1-3-5-6-7-8-9-10-11-12-13-14-15-16-17-18-19-23-41-24-21-25-43-44(40,42-4-2)26-20-22-34-27-29-28-35-31-30(29)36-33(39)37-32(31)38/h28,34-35H,3-27H2,1-2H3,(H2,36,37,38,39). The maximum atomic E-state index is 13.1. The van der Waals surface area contributed by atoms with Crippen LogP contribution in [0.5, 0.6) is 0 Å². The van der Waals surface area contributed by atoms with Crippen LogP contribution in [0.3, 0.4) is 0 Å². The summed E-state index contributed by atoms with van der Waals surface area (Å²) >= 11 is 0. The van der Waals surface area contributed by atoms with Gasteiger partial charge in [-0.1, -0.05) is 103 Å². The third-order valence-electron chi connectivity index (χ3n) is 7.94. The first-order valence-corrected chi connectivity index (χ1v) is 19.2. The molecule has 44 heavy (non-hydrogen) atoms. The summed E-state index contributed by atoms with van der Waals surface area (Å²) in [4.78, 5) is 31.2. The highest BCUT2D eigenvalue weighted by Crippen LogP contribution is 2.48. The smallest absolute Gasteiger partial charge is 0.330 e. The molecule has 0 saturated carbocycles. The highest BCUT2D eigenvalue weighted by Gasteiger charge is 2.23. The number of hydrogen-bond acceptors (Lipinski definition) is 7. The average Bonchev–Trinajstić information content (AvgIpc) is 3.41. The fraction of sp³-hybridized carbons (Fsp3) is 0.818. The lowest BCUT2D eigenvalue weighted by Crippen LogP contribution is -2.22. The van der Waals surface area contributed by atoms with Crippen molar-refractivity contribution >= 4 is 18.6 Å². The van der Waals surface area contributed by atoms with Crippen LogP contribution in [-0.4, -0.2) is 54.1 Å². The molecule has 11 heteroatoms. The Hall–Kier alpha value is -1.71. The lowest BCUT2D eigenvalue weighted by molar-refractivity contribution is 0.111. The second kappa shape index (κ2) is 24.5. The summed E-state index contributed by atoms with van der Waals surface area (Å²) in [5, 5.41) is 3.26. The number of nitrogens with one attached hydrogen (secondary N) is 4. The summed E-state index contributed by atoms with van der Waals surface area (Å²) in [7, 11) is -3.16. The van der Waals surface area contributed by atoms with Crippen molar-refractivity contribution in [2.24, 2.45) is 0 Å². The predicted molar refractivity (Wildman–Crippen MR) is 181 cm³/mol. The molecule has 0 fully saturated rings. The van der Waals surface area contributed by atoms with Crippen LogP contribution in [0.15, 0.2) is 15.8 Å². The van der Waals surface area contributed by atoms with Crippen LogP contribution in [0.4, 0.5) is 0 Å². The molecule has 2 aromatic heterocycles. The van der Waals surface area contributed by atoms with Gasteiger partial charge in [0, 0.05) is 31.5 Å². The van der Waals surface area contributed by atoms with Crippen LogP contribution < -0.4 is 16.6 Å². The van der Waals surface area contributed by atoms with Crippen LogP contribution >= 0.6 is 7.60 Å². The highest BCUT2D eigenvalue weighted by atomic mass is 31.2. The monoisotopic (exact) mass is 640 g/mol. The van der Waals surface area contributed by atoms with E-state index in [-0.39, 0.29) is 0 Å². The van der Waals surface area contributed by atoms with Gasteiger partial charge in [0.15, 0.2) is 0 Å². The van der Waals surface area contributed by atoms with E-state index in [0.717, 1.165) is 18.6 Å². The van der Waals surface area contributed by atoms with Gasteiger partial charge >= 0.3 is 13.3 Å². The van der Waals surface area contributed by atoms with E-state index in [1.54, 1.807) is 6.20 Å². The van der Waals surface area contributed by atoms with E-state index < -0.39 is 18.8 Å². The van der Waals surface area contributed by atoms with Crippen molar-refractivity contribution in [3.05, 3.63) is 32.6 Å². The number of hydrogen-bond donors (Lipinski definition) is 4. The summed E-state index contributed by atoms with van der Waals surface area (Å²) in [5.74, 6) is 0. The minimum atomic E-state index is -3.16. The van der Waals surface area contributed by atoms with E-state index in [9.17, 15) is 14.2 Å². The first kappa shape index (κ1) is 38.5. The number of aromatic nitrogens is 3. The fourth-order valence-corrected chi connectivity index (χ4v) is 7.12. The molecule has 0 aliphatic heterocycles. The average molecular weight is 641 g/mol.